The zero-order valence-corrected chi connectivity index (χ0v) is 14.1. The van der Waals surface area contributed by atoms with Crippen LogP contribution in [0.4, 0.5) is 10.1 Å². The van der Waals surface area contributed by atoms with Crippen molar-refractivity contribution in [1.29, 1.82) is 0 Å². The Morgan fingerprint density at radius 2 is 2.04 bits per heavy atom. The first-order valence-electron chi connectivity index (χ1n) is 7.22. The third-order valence-electron chi connectivity index (χ3n) is 3.64. The van der Waals surface area contributed by atoms with Crippen molar-refractivity contribution in [2.45, 2.75) is 0 Å². The average Bonchev–Trinajstić information content (AvgIpc) is 2.58. The van der Waals surface area contributed by atoms with Crippen LogP contribution in [0.15, 0.2) is 41.2 Å². The largest absolute Gasteiger partial charge is 0.495 e. The van der Waals surface area contributed by atoms with Crippen molar-refractivity contribution < 1.29 is 13.9 Å². The molecule has 0 bridgehead atoms. The number of methoxy groups -OCH3 is 1. The maximum absolute atomic E-state index is 13.5. The van der Waals surface area contributed by atoms with E-state index in [1.54, 1.807) is 19.2 Å². The van der Waals surface area contributed by atoms with Gasteiger partial charge in [0, 0.05) is 12.1 Å². The molecule has 0 spiro atoms. The number of hydrogen-bond donors (Lipinski definition) is 1. The van der Waals surface area contributed by atoms with E-state index < -0.39 is 17.2 Å². The van der Waals surface area contributed by atoms with Crippen LogP contribution in [0.2, 0.25) is 5.02 Å². The first kappa shape index (κ1) is 16.9. The Kier molecular flexibility index (Phi) is 4.41. The molecule has 1 aromatic heterocycles. The van der Waals surface area contributed by atoms with Gasteiger partial charge >= 0.3 is 0 Å². The highest BCUT2D eigenvalue weighted by Gasteiger charge is 2.18. The van der Waals surface area contributed by atoms with Crippen molar-refractivity contribution in [2.75, 3.05) is 12.4 Å². The molecule has 1 amide bonds. The van der Waals surface area contributed by atoms with Crippen molar-refractivity contribution >= 4 is 34.1 Å². The van der Waals surface area contributed by atoms with E-state index in [1.807, 2.05) is 0 Å². The number of aryl methyl sites for hydroxylation is 1. The second-order valence-corrected chi connectivity index (χ2v) is 5.70. The summed E-state index contributed by atoms with van der Waals surface area (Å²) in [5, 5.41) is 7.01. The Labute approximate surface area is 146 Å². The fourth-order valence-electron chi connectivity index (χ4n) is 2.46. The average molecular weight is 362 g/mol. The van der Waals surface area contributed by atoms with Crippen LogP contribution < -0.4 is 15.5 Å². The van der Waals surface area contributed by atoms with Crippen molar-refractivity contribution in [3.63, 3.8) is 0 Å². The molecular weight excluding hydrogens is 349 g/mol. The minimum atomic E-state index is -0.743. The number of fused-ring (bicyclic) bond motifs is 1. The van der Waals surface area contributed by atoms with Gasteiger partial charge in [0.05, 0.1) is 23.7 Å². The zero-order chi connectivity index (χ0) is 18.1. The van der Waals surface area contributed by atoms with E-state index in [4.69, 9.17) is 16.3 Å². The van der Waals surface area contributed by atoms with Gasteiger partial charge in [-0.15, -0.1) is 0 Å². The first-order chi connectivity index (χ1) is 11.9. The van der Waals surface area contributed by atoms with E-state index in [0.717, 1.165) is 6.07 Å². The monoisotopic (exact) mass is 361 g/mol. The predicted octanol–water partition coefficient (Wildman–Crippen LogP) is 2.99. The number of carbonyl (C=O) groups is 1. The third kappa shape index (κ3) is 3.18. The third-order valence-corrected chi connectivity index (χ3v) is 3.88. The minimum Gasteiger partial charge on any atom is -0.495 e. The molecular formula is C17H13ClFN3O3. The second kappa shape index (κ2) is 6.52. The van der Waals surface area contributed by atoms with Gasteiger partial charge in [0.2, 0.25) is 5.43 Å². The van der Waals surface area contributed by atoms with Crippen molar-refractivity contribution in [1.82, 2.24) is 9.78 Å². The number of rotatable bonds is 3. The number of benzene rings is 2. The number of ether oxygens (including phenoxy) is 1. The quantitative estimate of drug-likeness (QED) is 0.778. The summed E-state index contributed by atoms with van der Waals surface area (Å²) in [5.74, 6) is -0.938. The molecule has 3 aromatic rings. The van der Waals surface area contributed by atoms with Gasteiger partial charge in [-0.2, -0.15) is 5.10 Å². The summed E-state index contributed by atoms with van der Waals surface area (Å²) in [6.07, 6.45) is 0. The highest BCUT2D eigenvalue weighted by Crippen LogP contribution is 2.27. The lowest BCUT2D eigenvalue weighted by Crippen LogP contribution is -2.26. The number of halogens is 2. The molecule has 0 saturated carbocycles. The number of carbonyl (C=O) groups excluding carboxylic acids is 1. The summed E-state index contributed by atoms with van der Waals surface area (Å²) in [7, 11) is 3.01. The van der Waals surface area contributed by atoms with Gasteiger partial charge < -0.3 is 10.1 Å². The summed E-state index contributed by atoms with van der Waals surface area (Å²) < 4.78 is 20.0. The lowest BCUT2D eigenvalue weighted by atomic mass is 10.2. The molecule has 0 saturated heterocycles. The number of nitrogens with one attached hydrogen (secondary N) is 1. The maximum atomic E-state index is 13.5. The molecule has 0 aliphatic heterocycles. The SMILES string of the molecule is COc1ccc(Cl)cc1NC(=O)c1nn(C)c2ccc(F)cc2c1=O. The topological polar surface area (TPSA) is 73.2 Å². The van der Waals surface area contributed by atoms with Crippen LogP contribution >= 0.6 is 11.6 Å². The number of amides is 1. The Morgan fingerprint density at radius 1 is 1.28 bits per heavy atom. The zero-order valence-electron chi connectivity index (χ0n) is 13.3. The molecule has 8 heteroatoms. The van der Waals surface area contributed by atoms with Crippen LogP contribution in [0.3, 0.4) is 0 Å². The minimum absolute atomic E-state index is 0.0701. The number of hydrogen-bond acceptors (Lipinski definition) is 4. The highest BCUT2D eigenvalue weighted by atomic mass is 35.5. The molecule has 0 aliphatic carbocycles. The predicted molar refractivity (Wildman–Crippen MR) is 92.9 cm³/mol. The Bertz CT molecular complexity index is 1050. The molecule has 0 aliphatic rings. The molecule has 0 atom stereocenters. The molecule has 128 valence electrons. The summed E-state index contributed by atoms with van der Waals surface area (Å²) in [4.78, 5) is 25.0. The smallest absolute Gasteiger partial charge is 0.280 e. The summed E-state index contributed by atoms with van der Waals surface area (Å²) in [6.45, 7) is 0. The van der Waals surface area contributed by atoms with Crippen LogP contribution in [-0.2, 0) is 7.05 Å². The number of anilines is 1. The van der Waals surface area contributed by atoms with Crippen LogP contribution in [0, 0.1) is 5.82 Å². The van der Waals surface area contributed by atoms with Crippen LogP contribution in [0.5, 0.6) is 5.75 Å². The van der Waals surface area contributed by atoms with Gasteiger partial charge in [-0.1, -0.05) is 11.6 Å². The van der Waals surface area contributed by atoms with Gasteiger partial charge in [-0.25, -0.2) is 4.39 Å². The standard InChI is InChI=1S/C17H13ClFN3O3/c1-22-13-5-4-10(19)8-11(13)16(23)15(21-22)17(24)20-12-7-9(18)3-6-14(12)25-2/h3-8H,1-2H3,(H,20,24). The lowest BCUT2D eigenvalue weighted by molar-refractivity contribution is 0.101. The van der Waals surface area contributed by atoms with Crippen molar-refractivity contribution in [2.24, 2.45) is 7.05 Å². The van der Waals surface area contributed by atoms with E-state index in [1.165, 1.54) is 30.0 Å². The van der Waals surface area contributed by atoms with Crippen molar-refractivity contribution in [3.8, 4) is 5.75 Å². The molecule has 1 N–H and O–H groups in total. The molecule has 0 unspecified atom stereocenters. The van der Waals surface area contributed by atoms with E-state index in [2.05, 4.69) is 10.4 Å². The van der Waals surface area contributed by atoms with Crippen LogP contribution in [-0.4, -0.2) is 22.8 Å². The molecule has 25 heavy (non-hydrogen) atoms. The van der Waals surface area contributed by atoms with E-state index in [0.29, 0.717) is 22.0 Å². The Hall–Kier alpha value is -2.93. The Balaban J connectivity index is 2.08. The maximum Gasteiger partial charge on any atom is 0.280 e. The number of aromatic nitrogens is 2. The van der Waals surface area contributed by atoms with E-state index in [-0.39, 0.29) is 11.1 Å². The van der Waals surface area contributed by atoms with Gasteiger partial charge in [-0.05, 0) is 36.4 Å². The van der Waals surface area contributed by atoms with Gasteiger partial charge in [0.25, 0.3) is 5.91 Å². The number of nitrogens with zero attached hydrogens (tertiary/aromatic N) is 2. The molecule has 0 fully saturated rings. The molecule has 1 heterocycles. The van der Waals surface area contributed by atoms with Gasteiger partial charge in [0.1, 0.15) is 11.6 Å². The molecule has 6 nitrogen and oxygen atoms in total. The molecule has 3 rings (SSSR count). The van der Waals surface area contributed by atoms with Gasteiger partial charge in [-0.3, -0.25) is 14.3 Å². The van der Waals surface area contributed by atoms with E-state index in [9.17, 15) is 14.0 Å². The fourth-order valence-corrected chi connectivity index (χ4v) is 2.63. The second-order valence-electron chi connectivity index (χ2n) is 5.26. The fraction of sp³-hybridized carbons (Fsp3) is 0.118. The van der Waals surface area contributed by atoms with Crippen molar-refractivity contribution in [3.05, 3.63) is 63.2 Å². The summed E-state index contributed by atoms with van der Waals surface area (Å²) in [6, 6.07) is 8.41. The van der Waals surface area contributed by atoms with Crippen LogP contribution in [0.25, 0.3) is 10.9 Å². The molecule has 0 radical (unpaired) electrons. The highest BCUT2D eigenvalue weighted by molar-refractivity contribution is 6.31. The Morgan fingerprint density at radius 3 is 2.76 bits per heavy atom. The lowest BCUT2D eigenvalue weighted by Gasteiger charge is -2.11. The normalized spacial score (nSPS) is 10.7. The van der Waals surface area contributed by atoms with Gasteiger partial charge in [0.15, 0.2) is 5.69 Å². The molecule has 2 aromatic carbocycles. The first-order valence-corrected chi connectivity index (χ1v) is 7.60. The summed E-state index contributed by atoms with van der Waals surface area (Å²) >= 11 is 5.93. The van der Waals surface area contributed by atoms with E-state index >= 15 is 0 Å². The summed E-state index contributed by atoms with van der Waals surface area (Å²) in [5.41, 5.74) is -0.305. The van der Waals surface area contributed by atoms with Crippen LogP contribution in [0.1, 0.15) is 10.5 Å².